The van der Waals surface area contributed by atoms with E-state index < -0.39 is 11.9 Å². The number of ether oxygens (including phenoxy) is 1. The highest BCUT2D eigenvalue weighted by atomic mass is 19.1. The number of pyridine rings is 1. The maximum absolute atomic E-state index is 13.3. The second-order valence-corrected chi connectivity index (χ2v) is 6.42. The Kier molecular flexibility index (Phi) is 6.13. The van der Waals surface area contributed by atoms with E-state index in [0.29, 0.717) is 30.7 Å². The number of nitrogens with one attached hydrogen (secondary N) is 1. The molecule has 1 N–H and O–H groups in total. The highest BCUT2D eigenvalue weighted by Gasteiger charge is 2.29. The standard InChI is InChI=1S/C20H21FN2O4/c1-2-17-11-14(8-9-26-17)20(25)27-23-19(24)15-6-7-18(22-12-15)13-4-3-5-16(21)10-13/h3-7,10,12,14,17H,2,8-9,11H2,1H3,(H,23,24). The third-order valence-corrected chi connectivity index (χ3v) is 4.55. The Morgan fingerprint density at radius 1 is 1.33 bits per heavy atom. The Labute approximate surface area is 156 Å². The highest BCUT2D eigenvalue weighted by Crippen LogP contribution is 2.23. The van der Waals surface area contributed by atoms with E-state index in [9.17, 15) is 14.0 Å². The fraction of sp³-hybridized carbons (Fsp3) is 0.350. The van der Waals surface area contributed by atoms with Gasteiger partial charge in [0.25, 0.3) is 5.91 Å². The zero-order valence-corrected chi connectivity index (χ0v) is 15.0. The number of nitrogens with zero attached hydrogens (tertiary/aromatic N) is 1. The molecule has 0 saturated carbocycles. The molecule has 2 unspecified atom stereocenters. The lowest BCUT2D eigenvalue weighted by atomic mass is 9.95. The average molecular weight is 372 g/mol. The van der Waals surface area contributed by atoms with Crippen molar-refractivity contribution in [3.8, 4) is 11.3 Å². The molecule has 0 aliphatic carbocycles. The minimum atomic E-state index is -0.569. The van der Waals surface area contributed by atoms with Crippen LogP contribution in [0.25, 0.3) is 11.3 Å². The third kappa shape index (κ3) is 4.89. The predicted octanol–water partition coefficient (Wildman–Crippen LogP) is 3.28. The van der Waals surface area contributed by atoms with Crippen LogP contribution in [-0.4, -0.2) is 29.6 Å². The van der Waals surface area contributed by atoms with Crippen LogP contribution < -0.4 is 5.48 Å². The molecule has 2 aromatic rings. The summed E-state index contributed by atoms with van der Waals surface area (Å²) in [6.07, 6.45) is 3.40. The average Bonchev–Trinajstić information content (AvgIpc) is 2.72. The van der Waals surface area contributed by atoms with Crippen LogP contribution in [0.3, 0.4) is 0 Å². The Morgan fingerprint density at radius 3 is 2.89 bits per heavy atom. The van der Waals surface area contributed by atoms with Gasteiger partial charge in [0, 0.05) is 18.4 Å². The largest absolute Gasteiger partial charge is 0.378 e. The molecule has 1 fully saturated rings. The van der Waals surface area contributed by atoms with Crippen LogP contribution in [0.2, 0.25) is 0 Å². The molecule has 27 heavy (non-hydrogen) atoms. The van der Waals surface area contributed by atoms with Crippen molar-refractivity contribution < 1.29 is 23.6 Å². The van der Waals surface area contributed by atoms with E-state index in [4.69, 9.17) is 9.57 Å². The summed E-state index contributed by atoms with van der Waals surface area (Å²) in [6.45, 7) is 2.51. The number of hydrogen-bond donors (Lipinski definition) is 1. The van der Waals surface area contributed by atoms with E-state index in [0.717, 1.165) is 6.42 Å². The highest BCUT2D eigenvalue weighted by molar-refractivity contribution is 5.94. The van der Waals surface area contributed by atoms with Gasteiger partial charge in [-0.3, -0.25) is 9.78 Å². The molecular weight excluding hydrogens is 351 g/mol. The van der Waals surface area contributed by atoms with E-state index in [2.05, 4.69) is 10.5 Å². The summed E-state index contributed by atoms with van der Waals surface area (Å²) in [6, 6.07) is 9.17. The van der Waals surface area contributed by atoms with Gasteiger partial charge in [-0.15, -0.1) is 0 Å². The van der Waals surface area contributed by atoms with Crippen LogP contribution in [0.15, 0.2) is 42.6 Å². The van der Waals surface area contributed by atoms with E-state index in [-0.39, 0.29) is 23.4 Å². The van der Waals surface area contributed by atoms with Crippen molar-refractivity contribution in [1.82, 2.24) is 10.5 Å². The van der Waals surface area contributed by atoms with Crippen molar-refractivity contribution in [2.24, 2.45) is 5.92 Å². The number of amides is 1. The lowest BCUT2D eigenvalue weighted by Crippen LogP contribution is -2.35. The molecule has 2 heterocycles. The van der Waals surface area contributed by atoms with Gasteiger partial charge in [-0.1, -0.05) is 19.1 Å². The summed E-state index contributed by atoms with van der Waals surface area (Å²) < 4.78 is 18.8. The van der Waals surface area contributed by atoms with Gasteiger partial charge in [0.2, 0.25) is 0 Å². The van der Waals surface area contributed by atoms with Crippen molar-refractivity contribution in [2.45, 2.75) is 32.3 Å². The van der Waals surface area contributed by atoms with Crippen LogP contribution >= 0.6 is 0 Å². The number of halogens is 1. The molecule has 1 aliphatic rings. The first-order chi connectivity index (χ1) is 13.1. The molecular formula is C20H21FN2O4. The molecule has 0 bridgehead atoms. The number of aromatic nitrogens is 1. The van der Waals surface area contributed by atoms with E-state index in [1.165, 1.54) is 24.4 Å². The molecule has 7 heteroatoms. The summed E-state index contributed by atoms with van der Waals surface area (Å²) in [7, 11) is 0. The predicted molar refractivity (Wildman–Crippen MR) is 95.9 cm³/mol. The summed E-state index contributed by atoms with van der Waals surface area (Å²) in [4.78, 5) is 33.4. The topological polar surface area (TPSA) is 77.5 Å². The van der Waals surface area contributed by atoms with Gasteiger partial charge in [0.05, 0.1) is 23.3 Å². The molecule has 6 nitrogen and oxygen atoms in total. The second kappa shape index (κ2) is 8.73. The number of hydrogen-bond acceptors (Lipinski definition) is 5. The fourth-order valence-corrected chi connectivity index (χ4v) is 2.96. The van der Waals surface area contributed by atoms with Crippen molar-refractivity contribution >= 4 is 11.9 Å². The van der Waals surface area contributed by atoms with Crippen LogP contribution in [0.1, 0.15) is 36.5 Å². The Balaban J connectivity index is 1.56. The maximum atomic E-state index is 13.3. The summed E-state index contributed by atoms with van der Waals surface area (Å²) in [5, 5.41) is 0. The van der Waals surface area contributed by atoms with Gasteiger partial charge >= 0.3 is 5.97 Å². The first kappa shape index (κ1) is 19.0. The number of benzene rings is 1. The van der Waals surface area contributed by atoms with Crippen molar-refractivity contribution in [3.63, 3.8) is 0 Å². The molecule has 0 radical (unpaired) electrons. The molecule has 1 aromatic carbocycles. The lowest BCUT2D eigenvalue weighted by molar-refractivity contribution is -0.159. The van der Waals surface area contributed by atoms with Crippen molar-refractivity contribution in [3.05, 3.63) is 54.0 Å². The minimum Gasteiger partial charge on any atom is -0.378 e. The maximum Gasteiger partial charge on any atom is 0.335 e. The monoisotopic (exact) mass is 372 g/mol. The van der Waals surface area contributed by atoms with Crippen LogP contribution in [0.5, 0.6) is 0 Å². The van der Waals surface area contributed by atoms with Crippen LogP contribution in [-0.2, 0) is 14.4 Å². The fourth-order valence-electron chi connectivity index (χ4n) is 2.96. The lowest BCUT2D eigenvalue weighted by Gasteiger charge is -2.27. The van der Waals surface area contributed by atoms with Gasteiger partial charge in [-0.25, -0.2) is 9.18 Å². The van der Waals surface area contributed by atoms with Crippen molar-refractivity contribution in [1.29, 1.82) is 0 Å². The number of carbonyl (C=O) groups excluding carboxylic acids is 2. The third-order valence-electron chi connectivity index (χ3n) is 4.55. The molecule has 1 saturated heterocycles. The normalized spacial score (nSPS) is 19.3. The Hall–Kier alpha value is -2.80. The van der Waals surface area contributed by atoms with Crippen molar-refractivity contribution in [2.75, 3.05) is 6.61 Å². The van der Waals surface area contributed by atoms with E-state index >= 15 is 0 Å². The SMILES string of the molecule is CCC1CC(C(=O)ONC(=O)c2ccc(-c3cccc(F)c3)nc2)CCO1. The summed E-state index contributed by atoms with van der Waals surface area (Å²) >= 11 is 0. The van der Waals surface area contributed by atoms with E-state index in [1.54, 1.807) is 18.2 Å². The number of carbonyl (C=O) groups is 2. The smallest absolute Gasteiger partial charge is 0.335 e. The molecule has 1 aromatic heterocycles. The zero-order chi connectivity index (χ0) is 19.2. The molecule has 3 rings (SSSR count). The number of hydroxylamine groups is 1. The first-order valence-corrected chi connectivity index (χ1v) is 8.91. The zero-order valence-electron chi connectivity index (χ0n) is 15.0. The van der Waals surface area contributed by atoms with Gasteiger partial charge in [-0.2, -0.15) is 5.48 Å². The molecule has 1 amide bonds. The first-order valence-electron chi connectivity index (χ1n) is 8.91. The summed E-state index contributed by atoms with van der Waals surface area (Å²) in [5.41, 5.74) is 3.55. The Morgan fingerprint density at radius 2 is 2.19 bits per heavy atom. The quantitative estimate of drug-likeness (QED) is 0.834. The van der Waals surface area contributed by atoms with Gasteiger partial charge in [0.1, 0.15) is 5.82 Å². The Bertz CT molecular complexity index is 810. The van der Waals surface area contributed by atoms with E-state index in [1.807, 2.05) is 6.92 Å². The molecule has 2 atom stereocenters. The van der Waals surface area contributed by atoms with Gasteiger partial charge in [-0.05, 0) is 43.5 Å². The minimum absolute atomic E-state index is 0.0477. The van der Waals surface area contributed by atoms with Gasteiger partial charge in [0.15, 0.2) is 0 Å². The van der Waals surface area contributed by atoms with Crippen LogP contribution in [0.4, 0.5) is 4.39 Å². The number of rotatable bonds is 4. The summed E-state index contributed by atoms with van der Waals surface area (Å²) in [5.74, 6) is -1.67. The van der Waals surface area contributed by atoms with Crippen LogP contribution in [0, 0.1) is 11.7 Å². The second-order valence-electron chi connectivity index (χ2n) is 6.42. The van der Waals surface area contributed by atoms with Gasteiger partial charge < -0.3 is 9.57 Å². The molecule has 1 aliphatic heterocycles. The molecule has 142 valence electrons. The molecule has 0 spiro atoms.